The second-order valence-corrected chi connectivity index (χ2v) is 9.51. The van der Waals surface area contributed by atoms with Crippen LogP contribution < -0.4 is 5.32 Å². The Labute approximate surface area is 179 Å². The SMILES string of the molecule is CN(C)S(=O)(=O)c1ccc(C(=O)NC(=O)CSc2ncc(C(F)(F)F)cc2Cl)cc1. The largest absolute Gasteiger partial charge is 0.417 e. The third-order valence-electron chi connectivity index (χ3n) is 3.62. The zero-order valence-corrected chi connectivity index (χ0v) is 17.9. The van der Waals surface area contributed by atoms with E-state index in [1.165, 1.54) is 38.4 Å². The van der Waals surface area contributed by atoms with Gasteiger partial charge in [0, 0.05) is 25.9 Å². The Kier molecular flexibility index (Phi) is 7.50. The lowest BCUT2D eigenvalue weighted by molar-refractivity contribution is -0.137. The van der Waals surface area contributed by atoms with Crippen LogP contribution in [0.4, 0.5) is 13.2 Å². The van der Waals surface area contributed by atoms with E-state index in [4.69, 9.17) is 11.6 Å². The number of alkyl halides is 3. The number of hydrogen-bond acceptors (Lipinski definition) is 6. The highest BCUT2D eigenvalue weighted by atomic mass is 35.5. The highest BCUT2D eigenvalue weighted by Crippen LogP contribution is 2.33. The van der Waals surface area contributed by atoms with Gasteiger partial charge in [0.25, 0.3) is 5.91 Å². The van der Waals surface area contributed by atoms with Gasteiger partial charge in [0.05, 0.1) is 21.2 Å². The first-order valence-electron chi connectivity index (χ1n) is 8.04. The van der Waals surface area contributed by atoms with Crippen LogP contribution in [-0.2, 0) is 21.0 Å². The molecule has 0 radical (unpaired) electrons. The van der Waals surface area contributed by atoms with Crippen molar-refractivity contribution in [3.63, 3.8) is 0 Å². The molecule has 2 aromatic rings. The molecule has 0 spiro atoms. The van der Waals surface area contributed by atoms with E-state index in [1.54, 1.807) is 0 Å². The Hall–Kier alpha value is -2.15. The Morgan fingerprint density at radius 1 is 1.20 bits per heavy atom. The van der Waals surface area contributed by atoms with Gasteiger partial charge in [-0.3, -0.25) is 14.9 Å². The van der Waals surface area contributed by atoms with E-state index in [0.717, 1.165) is 16.1 Å². The summed E-state index contributed by atoms with van der Waals surface area (Å²) in [5.74, 6) is -1.81. The van der Waals surface area contributed by atoms with E-state index in [1.807, 2.05) is 0 Å². The van der Waals surface area contributed by atoms with E-state index >= 15 is 0 Å². The Balaban J connectivity index is 1.98. The summed E-state index contributed by atoms with van der Waals surface area (Å²) in [6.45, 7) is 0. The molecule has 1 aromatic carbocycles. The number of amides is 2. The number of thioether (sulfide) groups is 1. The molecular weight excluding hydrogens is 467 g/mol. The van der Waals surface area contributed by atoms with E-state index in [0.29, 0.717) is 12.3 Å². The number of rotatable bonds is 6. The van der Waals surface area contributed by atoms with Crippen LogP contribution >= 0.6 is 23.4 Å². The number of hydrogen-bond donors (Lipinski definition) is 1. The number of halogens is 4. The predicted octanol–water partition coefficient (Wildman–Crippen LogP) is 3.05. The van der Waals surface area contributed by atoms with Crippen molar-refractivity contribution in [3.05, 3.63) is 52.7 Å². The first-order valence-corrected chi connectivity index (χ1v) is 10.8. The molecule has 1 heterocycles. The van der Waals surface area contributed by atoms with Crippen LogP contribution in [0.2, 0.25) is 5.02 Å². The maximum absolute atomic E-state index is 12.6. The lowest BCUT2D eigenvalue weighted by atomic mass is 10.2. The van der Waals surface area contributed by atoms with Gasteiger partial charge in [-0.25, -0.2) is 17.7 Å². The normalized spacial score (nSPS) is 12.1. The average Bonchev–Trinajstić information content (AvgIpc) is 2.66. The van der Waals surface area contributed by atoms with Gasteiger partial charge in [-0.05, 0) is 30.3 Å². The van der Waals surface area contributed by atoms with Crippen LogP contribution in [0.5, 0.6) is 0 Å². The van der Waals surface area contributed by atoms with E-state index < -0.39 is 33.6 Å². The van der Waals surface area contributed by atoms with Crippen LogP contribution in [-0.4, -0.2) is 49.4 Å². The molecular formula is C17H15ClF3N3O4S2. The van der Waals surface area contributed by atoms with Gasteiger partial charge in [0.1, 0.15) is 5.03 Å². The van der Waals surface area contributed by atoms with Gasteiger partial charge in [-0.15, -0.1) is 0 Å². The molecule has 0 atom stereocenters. The molecule has 0 unspecified atom stereocenters. The van der Waals surface area contributed by atoms with Crippen LogP contribution in [0.25, 0.3) is 0 Å². The molecule has 0 aliphatic heterocycles. The molecule has 0 saturated heterocycles. The number of nitrogens with zero attached hydrogens (tertiary/aromatic N) is 2. The standard InChI is InChI=1S/C17H15ClF3N3O4S2/c1-24(2)30(27,28)12-5-3-10(4-6-12)15(26)23-14(25)9-29-16-13(18)7-11(8-22-16)17(19,20)21/h3-8H,9H2,1-2H3,(H,23,25,26). The van der Waals surface area contributed by atoms with Gasteiger partial charge < -0.3 is 0 Å². The minimum atomic E-state index is -4.59. The lowest BCUT2D eigenvalue weighted by Gasteiger charge is -2.11. The number of nitrogens with one attached hydrogen (secondary N) is 1. The first kappa shape index (κ1) is 24.1. The number of sulfonamides is 1. The second-order valence-electron chi connectivity index (χ2n) is 5.99. The fourth-order valence-corrected chi connectivity index (χ4v) is 3.94. The topological polar surface area (TPSA) is 96.4 Å². The lowest BCUT2D eigenvalue weighted by Crippen LogP contribution is -2.32. The Morgan fingerprint density at radius 2 is 1.80 bits per heavy atom. The monoisotopic (exact) mass is 481 g/mol. The quantitative estimate of drug-likeness (QED) is 0.637. The number of pyridine rings is 1. The fraction of sp³-hybridized carbons (Fsp3) is 0.235. The molecule has 162 valence electrons. The summed E-state index contributed by atoms with van der Waals surface area (Å²) in [6.07, 6.45) is -3.99. The van der Waals surface area contributed by atoms with Crippen LogP contribution in [0, 0.1) is 0 Å². The van der Waals surface area contributed by atoms with Crippen molar-refractivity contribution < 1.29 is 31.2 Å². The molecule has 1 N–H and O–H groups in total. The fourth-order valence-electron chi connectivity index (χ4n) is 2.04. The molecule has 13 heteroatoms. The Morgan fingerprint density at radius 3 is 2.30 bits per heavy atom. The van der Waals surface area contributed by atoms with Crippen molar-refractivity contribution in [1.82, 2.24) is 14.6 Å². The number of carbonyl (C=O) groups is 2. The van der Waals surface area contributed by atoms with Crippen molar-refractivity contribution in [2.24, 2.45) is 0 Å². The van der Waals surface area contributed by atoms with E-state index in [9.17, 15) is 31.2 Å². The summed E-state index contributed by atoms with van der Waals surface area (Å²) in [6, 6.07) is 5.66. The molecule has 1 aromatic heterocycles. The molecule has 0 aliphatic carbocycles. The summed E-state index contributed by atoms with van der Waals surface area (Å²) >= 11 is 6.52. The minimum absolute atomic E-state index is 0.00510. The minimum Gasteiger partial charge on any atom is -0.292 e. The van der Waals surface area contributed by atoms with Gasteiger partial charge >= 0.3 is 6.18 Å². The summed E-state index contributed by atoms with van der Waals surface area (Å²) in [7, 11) is -0.926. The van der Waals surface area contributed by atoms with E-state index in [-0.39, 0.29) is 26.3 Å². The molecule has 0 saturated carbocycles. The highest BCUT2D eigenvalue weighted by Gasteiger charge is 2.31. The summed E-state index contributed by atoms with van der Waals surface area (Å²) in [4.78, 5) is 27.6. The van der Waals surface area contributed by atoms with Gasteiger partial charge in [0.2, 0.25) is 15.9 Å². The summed E-state index contributed by atoms with van der Waals surface area (Å²) in [5, 5.41) is 1.83. The van der Waals surface area contributed by atoms with Gasteiger partial charge in [-0.1, -0.05) is 23.4 Å². The number of aromatic nitrogens is 1. The summed E-state index contributed by atoms with van der Waals surface area (Å²) in [5.41, 5.74) is -0.965. The molecule has 0 aliphatic rings. The van der Waals surface area contributed by atoms with Crippen molar-refractivity contribution in [3.8, 4) is 0 Å². The average molecular weight is 482 g/mol. The number of carbonyl (C=O) groups excluding carboxylic acids is 2. The van der Waals surface area contributed by atoms with Crippen molar-refractivity contribution in [2.75, 3.05) is 19.8 Å². The van der Waals surface area contributed by atoms with Crippen LogP contribution in [0.1, 0.15) is 15.9 Å². The second kappa shape index (κ2) is 9.33. The number of imide groups is 1. The van der Waals surface area contributed by atoms with Crippen molar-refractivity contribution in [2.45, 2.75) is 16.1 Å². The van der Waals surface area contributed by atoms with Crippen LogP contribution in [0.15, 0.2) is 46.5 Å². The maximum Gasteiger partial charge on any atom is 0.417 e. The van der Waals surface area contributed by atoms with Crippen LogP contribution in [0.3, 0.4) is 0 Å². The molecule has 0 fully saturated rings. The summed E-state index contributed by atoms with van der Waals surface area (Å²) < 4.78 is 62.8. The smallest absolute Gasteiger partial charge is 0.292 e. The first-order chi connectivity index (χ1) is 13.8. The highest BCUT2D eigenvalue weighted by molar-refractivity contribution is 8.00. The molecule has 0 bridgehead atoms. The van der Waals surface area contributed by atoms with Crippen molar-refractivity contribution in [1.29, 1.82) is 0 Å². The third-order valence-corrected chi connectivity index (χ3v) is 6.86. The third kappa shape index (κ3) is 5.94. The zero-order chi connectivity index (χ0) is 22.7. The maximum atomic E-state index is 12.6. The zero-order valence-electron chi connectivity index (χ0n) is 15.5. The van der Waals surface area contributed by atoms with E-state index in [2.05, 4.69) is 10.3 Å². The number of benzene rings is 1. The molecule has 2 amide bonds. The Bertz CT molecular complexity index is 1060. The molecule has 2 rings (SSSR count). The van der Waals surface area contributed by atoms with Crippen molar-refractivity contribution >= 4 is 45.2 Å². The van der Waals surface area contributed by atoms with Gasteiger partial charge in [0.15, 0.2) is 0 Å². The molecule has 7 nitrogen and oxygen atoms in total. The predicted molar refractivity (Wildman–Crippen MR) is 105 cm³/mol. The van der Waals surface area contributed by atoms with Gasteiger partial charge in [-0.2, -0.15) is 13.2 Å². The molecule has 30 heavy (non-hydrogen) atoms.